The van der Waals surface area contributed by atoms with E-state index >= 15 is 0 Å². The van der Waals surface area contributed by atoms with E-state index in [0.29, 0.717) is 10.9 Å². The molecule has 2 N–H and O–H groups in total. The van der Waals surface area contributed by atoms with Crippen LogP contribution < -0.4 is 5.73 Å². The number of amides is 1. The van der Waals surface area contributed by atoms with E-state index in [-0.39, 0.29) is 12.3 Å². The first-order valence-electron chi connectivity index (χ1n) is 5.19. The Labute approximate surface area is 90.6 Å². The average Bonchev–Trinajstić information content (AvgIpc) is 2.17. The van der Waals surface area contributed by atoms with Crippen LogP contribution in [0.4, 0.5) is 0 Å². The minimum absolute atomic E-state index is 0.0932. The van der Waals surface area contributed by atoms with E-state index in [0.717, 1.165) is 25.9 Å². The van der Waals surface area contributed by atoms with Crippen LogP contribution in [0.3, 0.4) is 0 Å². The SMILES string of the molecule is CCC1CCCN(C(=O)CC(N)=S)C1. The first kappa shape index (κ1) is 11.4. The molecule has 1 aliphatic heterocycles. The summed E-state index contributed by atoms with van der Waals surface area (Å²) < 4.78 is 0. The second-order valence-electron chi connectivity index (χ2n) is 3.90. The average molecular weight is 214 g/mol. The molecule has 0 aromatic heterocycles. The van der Waals surface area contributed by atoms with Crippen LogP contribution in [0.1, 0.15) is 32.6 Å². The number of thiocarbonyl (C=S) groups is 1. The molecule has 1 atom stereocenters. The molecule has 1 unspecified atom stereocenters. The number of nitrogens with zero attached hydrogens (tertiary/aromatic N) is 1. The third-order valence-electron chi connectivity index (χ3n) is 2.77. The van der Waals surface area contributed by atoms with Gasteiger partial charge in [0.15, 0.2) is 0 Å². The summed E-state index contributed by atoms with van der Waals surface area (Å²) in [4.78, 5) is 13.8. The van der Waals surface area contributed by atoms with Crippen molar-refractivity contribution in [2.24, 2.45) is 11.7 Å². The molecule has 1 amide bonds. The molecule has 80 valence electrons. The second-order valence-corrected chi connectivity index (χ2v) is 4.42. The summed E-state index contributed by atoms with van der Waals surface area (Å²) in [7, 11) is 0. The van der Waals surface area contributed by atoms with Crippen LogP contribution in [0.25, 0.3) is 0 Å². The molecule has 1 heterocycles. The van der Waals surface area contributed by atoms with Crippen molar-refractivity contribution in [1.29, 1.82) is 0 Å². The first-order valence-corrected chi connectivity index (χ1v) is 5.60. The Kier molecular flexibility index (Phi) is 4.32. The zero-order valence-electron chi connectivity index (χ0n) is 8.66. The van der Waals surface area contributed by atoms with E-state index in [1.54, 1.807) is 0 Å². The lowest BCUT2D eigenvalue weighted by atomic mass is 9.95. The molecule has 4 heteroatoms. The van der Waals surface area contributed by atoms with E-state index in [4.69, 9.17) is 18.0 Å². The van der Waals surface area contributed by atoms with Gasteiger partial charge in [0, 0.05) is 13.1 Å². The summed E-state index contributed by atoms with van der Waals surface area (Å²) in [6.07, 6.45) is 3.73. The normalized spacial score (nSPS) is 22.1. The molecular formula is C10H18N2OS. The lowest BCUT2D eigenvalue weighted by Crippen LogP contribution is -2.41. The predicted octanol–water partition coefficient (Wildman–Crippen LogP) is 1.31. The molecule has 1 rings (SSSR count). The highest BCUT2D eigenvalue weighted by Crippen LogP contribution is 2.19. The fraction of sp³-hybridized carbons (Fsp3) is 0.800. The molecule has 0 aliphatic carbocycles. The van der Waals surface area contributed by atoms with Crippen LogP contribution in [-0.2, 0) is 4.79 Å². The van der Waals surface area contributed by atoms with Crippen LogP contribution >= 0.6 is 12.2 Å². The summed E-state index contributed by atoms with van der Waals surface area (Å²) in [5, 5.41) is 0. The molecule has 1 aliphatic rings. The van der Waals surface area contributed by atoms with Gasteiger partial charge in [-0.05, 0) is 18.8 Å². The van der Waals surface area contributed by atoms with Crippen LogP contribution in [0, 0.1) is 5.92 Å². The number of rotatable bonds is 3. The lowest BCUT2D eigenvalue weighted by molar-refractivity contribution is -0.131. The number of hydrogen-bond acceptors (Lipinski definition) is 2. The van der Waals surface area contributed by atoms with Crippen molar-refractivity contribution in [2.75, 3.05) is 13.1 Å². The van der Waals surface area contributed by atoms with Crippen LogP contribution in [0.5, 0.6) is 0 Å². The minimum Gasteiger partial charge on any atom is -0.393 e. The van der Waals surface area contributed by atoms with Gasteiger partial charge in [-0.25, -0.2) is 0 Å². The number of nitrogens with two attached hydrogens (primary N) is 1. The lowest BCUT2D eigenvalue weighted by Gasteiger charge is -2.32. The molecule has 1 saturated heterocycles. The van der Waals surface area contributed by atoms with E-state index < -0.39 is 0 Å². The maximum Gasteiger partial charge on any atom is 0.229 e. The number of carbonyl (C=O) groups excluding carboxylic acids is 1. The Bertz CT molecular complexity index is 230. The number of carbonyl (C=O) groups is 1. The molecule has 0 spiro atoms. The van der Waals surface area contributed by atoms with E-state index in [1.165, 1.54) is 6.42 Å². The second kappa shape index (κ2) is 5.29. The molecular weight excluding hydrogens is 196 g/mol. The highest BCUT2D eigenvalue weighted by Gasteiger charge is 2.22. The van der Waals surface area contributed by atoms with Crippen LogP contribution in [0.15, 0.2) is 0 Å². The highest BCUT2D eigenvalue weighted by atomic mass is 32.1. The zero-order chi connectivity index (χ0) is 10.6. The van der Waals surface area contributed by atoms with E-state index in [2.05, 4.69) is 6.92 Å². The predicted molar refractivity (Wildman–Crippen MR) is 61.0 cm³/mol. The molecule has 3 nitrogen and oxygen atoms in total. The largest absolute Gasteiger partial charge is 0.393 e. The van der Waals surface area contributed by atoms with Gasteiger partial charge in [0.1, 0.15) is 0 Å². The topological polar surface area (TPSA) is 46.3 Å². The van der Waals surface area contributed by atoms with Gasteiger partial charge in [0.25, 0.3) is 0 Å². The molecule has 14 heavy (non-hydrogen) atoms. The number of piperidine rings is 1. The first-order chi connectivity index (χ1) is 6.63. The zero-order valence-corrected chi connectivity index (χ0v) is 9.48. The van der Waals surface area contributed by atoms with Gasteiger partial charge in [-0.3, -0.25) is 4.79 Å². The van der Waals surface area contributed by atoms with Gasteiger partial charge in [0.05, 0.1) is 11.4 Å². The molecule has 0 saturated carbocycles. The molecule has 0 aromatic carbocycles. The highest BCUT2D eigenvalue weighted by molar-refractivity contribution is 7.80. The Morgan fingerprint density at radius 1 is 1.64 bits per heavy atom. The van der Waals surface area contributed by atoms with Gasteiger partial charge < -0.3 is 10.6 Å². The van der Waals surface area contributed by atoms with Crippen LogP contribution in [-0.4, -0.2) is 28.9 Å². The standard InChI is InChI=1S/C10H18N2OS/c1-2-8-4-3-5-12(7-8)10(13)6-9(11)14/h8H,2-7H2,1H3,(H2,11,14). The van der Waals surface area contributed by atoms with Gasteiger partial charge in [-0.15, -0.1) is 0 Å². The monoisotopic (exact) mass is 214 g/mol. The Morgan fingerprint density at radius 3 is 2.93 bits per heavy atom. The smallest absolute Gasteiger partial charge is 0.229 e. The summed E-state index contributed by atoms with van der Waals surface area (Å²) >= 11 is 4.73. The molecule has 0 bridgehead atoms. The van der Waals surface area contributed by atoms with Gasteiger partial charge in [-0.1, -0.05) is 25.6 Å². The summed E-state index contributed by atoms with van der Waals surface area (Å²) in [5.74, 6) is 0.759. The van der Waals surface area contributed by atoms with Crippen molar-refractivity contribution in [3.63, 3.8) is 0 Å². The van der Waals surface area contributed by atoms with Crippen molar-refractivity contribution in [3.8, 4) is 0 Å². The van der Waals surface area contributed by atoms with Gasteiger partial charge in [0.2, 0.25) is 5.91 Å². The maximum absolute atomic E-state index is 11.6. The summed E-state index contributed by atoms with van der Waals surface area (Å²) in [5.41, 5.74) is 5.35. The number of likely N-dealkylation sites (tertiary alicyclic amines) is 1. The van der Waals surface area contributed by atoms with E-state index in [1.807, 2.05) is 4.90 Å². The van der Waals surface area contributed by atoms with Crippen molar-refractivity contribution in [1.82, 2.24) is 4.90 Å². The van der Waals surface area contributed by atoms with E-state index in [9.17, 15) is 4.79 Å². The van der Waals surface area contributed by atoms with Crippen molar-refractivity contribution in [3.05, 3.63) is 0 Å². The quantitative estimate of drug-likeness (QED) is 0.721. The van der Waals surface area contributed by atoms with Crippen molar-refractivity contribution < 1.29 is 4.79 Å². The van der Waals surface area contributed by atoms with Gasteiger partial charge in [-0.2, -0.15) is 0 Å². The maximum atomic E-state index is 11.6. The molecule has 1 fully saturated rings. The fourth-order valence-electron chi connectivity index (χ4n) is 1.89. The van der Waals surface area contributed by atoms with Gasteiger partial charge >= 0.3 is 0 Å². The summed E-state index contributed by atoms with van der Waals surface area (Å²) in [6, 6.07) is 0. The molecule has 0 aromatic rings. The number of hydrogen-bond donors (Lipinski definition) is 1. The molecule has 0 radical (unpaired) electrons. The Morgan fingerprint density at radius 2 is 2.36 bits per heavy atom. The third-order valence-corrected chi connectivity index (χ3v) is 2.92. The Hall–Kier alpha value is -0.640. The van der Waals surface area contributed by atoms with Crippen LogP contribution in [0.2, 0.25) is 0 Å². The van der Waals surface area contributed by atoms with Crippen molar-refractivity contribution >= 4 is 23.1 Å². The van der Waals surface area contributed by atoms with Crippen molar-refractivity contribution in [2.45, 2.75) is 32.6 Å². The Balaban J connectivity index is 2.43. The fourth-order valence-corrected chi connectivity index (χ4v) is 2.01. The summed E-state index contributed by atoms with van der Waals surface area (Å²) in [6.45, 7) is 3.93. The minimum atomic E-state index is 0.0932. The third kappa shape index (κ3) is 3.25.